The lowest BCUT2D eigenvalue weighted by Gasteiger charge is -2.59. The van der Waals surface area contributed by atoms with Crippen molar-refractivity contribution in [2.45, 2.75) is 76.8 Å². The Morgan fingerprint density at radius 3 is 2.76 bits per heavy atom. The van der Waals surface area contributed by atoms with E-state index < -0.39 is 24.0 Å². The molecular formula is C31H40ClN3O6. The number of pyridine rings is 1. The Bertz CT molecular complexity index is 1310. The van der Waals surface area contributed by atoms with Crippen LogP contribution in [0.5, 0.6) is 0 Å². The largest absolute Gasteiger partial charge is 0.435 e. The SMILES string of the molecule is C[C@H]1[C@@H](OC(=O)CCN2CCN(c3ccnc4cc(Cl)ccc34)CC2)O[C@@H]2O[C@@]3(C)CC[C@H]4[C@H](C)CC[C@@H]1[C@@]24OO3. The smallest absolute Gasteiger partial charge is 0.309 e. The normalized spacial score (nSPS) is 38.9. The maximum atomic E-state index is 13.1. The molecule has 0 unspecified atom stereocenters. The predicted octanol–water partition coefficient (Wildman–Crippen LogP) is 5.15. The van der Waals surface area contributed by atoms with Crippen LogP contribution in [0.1, 0.15) is 52.9 Å². The van der Waals surface area contributed by atoms with Crippen molar-refractivity contribution in [1.82, 2.24) is 9.88 Å². The number of rotatable bonds is 5. The van der Waals surface area contributed by atoms with Gasteiger partial charge in [-0.25, -0.2) is 9.78 Å². The van der Waals surface area contributed by atoms with Gasteiger partial charge in [0.25, 0.3) is 0 Å². The summed E-state index contributed by atoms with van der Waals surface area (Å²) >= 11 is 6.17. The molecule has 0 amide bonds. The molecule has 0 N–H and O–H groups in total. The van der Waals surface area contributed by atoms with E-state index in [9.17, 15) is 4.79 Å². The van der Waals surface area contributed by atoms with Crippen LogP contribution in [0.25, 0.3) is 10.9 Å². The molecule has 6 fully saturated rings. The molecule has 6 heterocycles. The standard InChI is InChI=1S/C31H40ClN3O6/c1-19-4-7-24-20(2)28(38-29-31(24)23(19)8-11-30(3,39-29)40-41-31)37-27(36)10-13-34-14-16-35(17-15-34)26-9-12-33-25-18-21(32)5-6-22(25)26/h5-6,9,12,18-20,23-24,28-29H,4,7-8,10-11,13-17H2,1-3H3/t19-,20-,23+,24+,28+,29-,30-,31-/m1/s1. The molecule has 6 aliphatic rings. The first kappa shape index (κ1) is 27.8. The van der Waals surface area contributed by atoms with Crippen LogP contribution >= 0.6 is 11.6 Å². The zero-order valence-electron chi connectivity index (χ0n) is 24.1. The van der Waals surface area contributed by atoms with Crippen molar-refractivity contribution in [3.05, 3.63) is 35.5 Å². The van der Waals surface area contributed by atoms with E-state index in [4.69, 9.17) is 35.6 Å². The number of esters is 1. The topological polar surface area (TPSA) is 82.6 Å². The molecule has 8 atom stereocenters. The molecule has 222 valence electrons. The summed E-state index contributed by atoms with van der Waals surface area (Å²) in [6.45, 7) is 10.5. The average molecular weight is 586 g/mol. The number of halogens is 1. The minimum atomic E-state index is -0.843. The molecule has 1 aromatic carbocycles. The van der Waals surface area contributed by atoms with Crippen LogP contribution in [-0.2, 0) is 28.8 Å². The number of anilines is 1. The number of carbonyl (C=O) groups excluding carboxylic acids is 1. The first-order chi connectivity index (χ1) is 19.8. The summed E-state index contributed by atoms with van der Waals surface area (Å²) in [4.78, 5) is 34.3. The van der Waals surface area contributed by atoms with E-state index in [0.29, 0.717) is 23.9 Å². The molecule has 1 aliphatic carbocycles. The number of carbonyl (C=O) groups is 1. The van der Waals surface area contributed by atoms with Crippen LogP contribution < -0.4 is 4.90 Å². The van der Waals surface area contributed by atoms with Gasteiger partial charge in [-0.2, -0.15) is 0 Å². The predicted molar refractivity (Wildman–Crippen MR) is 153 cm³/mol. The number of aromatic nitrogens is 1. The molecule has 0 radical (unpaired) electrons. The van der Waals surface area contributed by atoms with Gasteiger partial charge in [-0.3, -0.25) is 14.7 Å². The van der Waals surface area contributed by atoms with Gasteiger partial charge in [0.15, 0.2) is 11.9 Å². The van der Waals surface area contributed by atoms with Crippen molar-refractivity contribution in [3.63, 3.8) is 0 Å². The maximum absolute atomic E-state index is 13.1. The molecule has 2 bridgehead atoms. The number of nitrogens with zero attached hydrogens (tertiary/aromatic N) is 3. The maximum Gasteiger partial charge on any atom is 0.309 e. The molecule has 1 saturated carbocycles. The molecule has 2 aromatic rings. The molecular weight excluding hydrogens is 546 g/mol. The zero-order chi connectivity index (χ0) is 28.4. The minimum absolute atomic E-state index is 0.0199. The zero-order valence-corrected chi connectivity index (χ0v) is 24.8. The van der Waals surface area contributed by atoms with E-state index in [1.54, 1.807) is 0 Å². The van der Waals surface area contributed by atoms with Gasteiger partial charge in [0, 0.05) is 73.3 Å². The summed E-state index contributed by atoms with van der Waals surface area (Å²) in [5, 5.41) is 1.79. The molecule has 9 nitrogen and oxygen atoms in total. The Kier molecular flexibility index (Phi) is 7.20. The van der Waals surface area contributed by atoms with Crippen molar-refractivity contribution in [3.8, 4) is 0 Å². The number of piperazine rings is 1. The van der Waals surface area contributed by atoms with Crippen molar-refractivity contribution in [2.75, 3.05) is 37.6 Å². The van der Waals surface area contributed by atoms with Gasteiger partial charge in [-0.05, 0) is 62.3 Å². The lowest BCUT2D eigenvalue weighted by Crippen LogP contribution is -2.70. The third-order valence-corrected chi connectivity index (χ3v) is 10.6. The highest BCUT2D eigenvalue weighted by Crippen LogP contribution is 2.60. The number of fused-ring (bicyclic) bond motifs is 3. The average Bonchev–Trinajstić information content (AvgIpc) is 3.20. The lowest BCUT2D eigenvalue weighted by atomic mass is 9.58. The number of ether oxygens (including phenoxy) is 3. The van der Waals surface area contributed by atoms with Crippen LogP contribution in [0.4, 0.5) is 5.69 Å². The second-order valence-electron chi connectivity index (χ2n) is 12.8. The summed E-state index contributed by atoms with van der Waals surface area (Å²) in [5.41, 5.74) is 1.42. The second kappa shape index (κ2) is 10.6. The number of hydrogen-bond acceptors (Lipinski definition) is 9. The molecule has 5 saturated heterocycles. The van der Waals surface area contributed by atoms with Gasteiger partial charge in [-0.1, -0.05) is 25.4 Å². The fourth-order valence-corrected chi connectivity index (χ4v) is 8.21. The number of hydrogen-bond donors (Lipinski definition) is 0. The van der Waals surface area contributed by atoms with E-state index in [1.807, 2.05) is 31.3 Å². The Balaban J connectivity index is 0.956. The summed E-state index contributed by atoms with van der Waals surface area (Å²) in [6.07, 6.45) is 4.72. The number of benzene rings is 1. The Morgan fingerprint density at radius 1 is 1.10 bits per heavy atom. The molecule has 1 aromatic heterocycles. The van der Waals surface area contributed by atoms with Crippen LogP contribution in [-0.4, -0.2) is 72.5 Å². The third kappa shape index (κ3) is 4.82. The second-order valence-corrected chi connectivity index (χ2v) is 13.3. The van der Waals surface area contributed by atoms with Crippen molar-refractivity contribution in [2.24, 2.45) is 23.7 Å². The van der Waals surface area contributed by atoms with Crippen molar-refractivity contribution < 1.29 is 28.8 Å². The fourth-order valence-electron chi connectivity index (χ4n) is 8.04. The highest BCUT2D eigenvalue weighted by Gasteiger charge is 2.69. The van der Waals surface area contributed by atoms with Gasteiger partial charge in [0.1, 0.15) is 0 Å². The summed E-state index contributed by atoms with van der Waals surface area (Å²) in [5.74, 6) is -0.182. The first-order valence-corrected chi connectivity index (χ1v) is 15.5. The quantitative estimate of drug-likeness (QED) is 0.349. The molecule has 41 heavy (non-hydrogen) atoms. The first-order valence-electron chi connectivity index (χ1n) is 15.2. The van der Waals surface area contributed by atoms with Crippen LogP contribution in [0.2, 0.25) is 5.02 Å². The summed E-state index contributed by atoms with van der Waals surface area (Å²) in [6, 6.07) is 7.92. The van der Waals surface area contributed by atoms with E-state index >= 15 is 0 Å². The Morgan fingerprint density at radius 2 is 1.93 bits per heavy atom. The van der Waals surface area contributed by atoms with Gasteiger partial charge in [-0.15, -0.1) is 0 Å². The minimum Gasteiger partial charge on any atom is -0.435 e. The van der Waals surface area contributed by atoms with Gasteiger partial charge >= 0.3 is 5.97 Å². The van der Waals surface area contributed by atoms with E-state index in [-0.39, 0.29) is 23.7 Å². The van der Waals surface area contributed by atoms with Crippen molar-refractivity contribution >= 4 is 34.2 Å². The van der Waals surface area contributed by atoms with Crippen LogP contribution in [0, 0.1) is 23.7 Å². The summed E-state index contributed by atoms with van der Waals surface area (Å²) < 4.78 is 18.8. The van der Waals surface area contributed by atoms with Crippen molar-refractivity contribution in [1.29, 1.82) is 0 Å². The van der Waals surface area contributed by atoms with Gasteiger partial charge in [0.05, 0.1) is 11.9 Å². The Hall–Kier alpha value is -2.01. The molecule has 5 aliphatic heterocycles. The third-order valence-electron chi connectivity index (χ3n) is 10.4. The Labute approximate surface area is 246 Å². The molecule has 8 rings (SSSR count). The monoisotopic (exact) mass is 585 g/mol. The van der Waals surface area contributed by atoms with E-state index in [1.165, 1.54) is 5.69 Å². The lowest BCUT2D eigenvalue weighted by molar-refractivity contribution is -0.576. The van der Waals surface area contributed by atoms with E-state index in [0.717, 1.165) is 62.8 Å². The van der Waals surface area contributed by atoms with Crippen LogP contribution in [0.15, 0.2) is 30.5 Å². The fraction of sp³-hybridized carbons (Fsp3) is 0.677. The molecule has 10 heteroatoms. The van der Waals surface area contributed by atoms with Gasteiger partial charge in [0.2, 0.25) is 12.1 Å². The molecule has 1 spiro atoms. The highest BCUT2D eigenvalue weighted by molar-refractivity contribution is 6.31. The highest BCUT2D eigenvalue weighted by atomic mass is 35.5. The van der Waals surface area contributed by atoms with Crippen LogP contribution in [0.3, 0.4) is 0 Å². The van der Waals surface area contributed by atoms with Gasteiger partial charge < -0.3 is 19.1 Å². The van der Waals surface area contributed by atoms with E-state index in [2.05, 4.69) is 34.7 Å². The summed E-state index contributed by atoms with van der Waals surface area (Å²) in [7, 11) is 0.